The standard InChI is InChI=1S/C13H14BrN3O2S/c1-2-7-15-11(18)8-20-13-17-16-12(19-13)9-3-5-10(14)6-4-9/h3-6H,2,7-8H2,1H3,(H,15,18). The quantitative estimate of drug-likeness (QED) is 0.806. The van der Waals surface area contributed by atoms with Crippen molar-refractivity contribution in [3.05, 3.63) is 28.7 Å². The molecule has 0 aliphatic rings. The highest BCUT2D eigenvalue weighted by molar-refractivity contribution is 9.10. The van der Waals surface area contributed by atoms with E-state index in [0.717, 1.165) is 16.5 Å². The molecule has 1 amide bonds. The molecule has 0 radical (unpaired) electrons. The molecule has 0 atom stereocenters. The Morgan fingerprint density at radius 2 is 2.10 bits per heavy atom. The number of rotatable bonds is 6. The molecule has 2 aromatic rings. The van der Waals surface area contributed by atoms with Crippen LogP contribution in [-0.4, -0.2) is 28.4 Å². The number of aromatic nitrogens is 2. The van der Waals surface area contributed by atoms with Crippen molar-refractivity contribution in [3.8, 4) is 11.5 Å². The van der Waals surface area contributed by atoms with Gasteiger partial charge in [-0.15, -0.1) is 10.2 Å². The second kappa shape index (κ2) is 7.44. The van der Waals surface area contributed by atoms with Gasteiger partial charge in [-0.1, -0.05) is 34.6 Å². The van der Waals surface area contributed by atoms with Crippen LogP contribution in [0.1, 0.15) is 13.3 Å². The minimum Gasteiger partial charge on any atom is -0.411 e. The number of nitrogens with zero attached hydrogens (tertiary/aromatic N) is 2. The van der Waals surface area contributed by atoms with Crippen LogP contribution in [0, 0.1) is 0 Å². The molecule has 0 aliphatic carbocycles. The summed E-state index contributed by atoms with van der Waals surface area (Å²) in [5, 5.41) is 11.1. The van der Waals surface area contributed by atoms with Crippen molar-refractivity contribution < 1.29 is 9.21 Å². The maximum absolute atomic E-state index is 11.5. The van der Waals surface area contributed by atoms with Crippen molar-refractivity contribution in [2.75, 3.05) is 12.3 Å². The van der Waals surface area contributed by atoms with Gasteiger partial charge < -0.3 is 9.73 Å². The molecule has 0 unspecified atom stereocenters. The van der Waals surface area contributed by atoms with Gasteiger partial charge in [0.25, 0.3) is 5.22 Å². The van der Waals surface area contributed by atoms with Gasteiger partial charge in [0.05, 0.1) is 5.75 Å². The van der Waals surface area contributed by atoms with Crippen molar-refractivity contribution in [1.82, 2.24) is 15.5 Å². The maximum atomic E-state index is 11.5. The Balaban J connectivity index is 1.92. The van der Waals surface area contributed by atoms with Crippen LogP contribution in [0.15, 0.2) is 38.4 Å². The predicted molar refractivity (Wildman–Crippen MR) is 81.5 cm³/mol. The van der Waals surface area contributed by atoms with E-state index in [4.69, 9.17) is 4.42 Å². The number of benzene rings is 1. The van der Waals surface area contributed by atoms with E-state index in [1.54, 1.807) is 0 Å². The van der Waals surface area contributed by atoms with E-state index in [1.165, 1.54) is 11.8 Å². The Morgan fingerprint density at radius 3 is 2.80 bits per heavy atom. The van der Waals surface area contributed by atoms with E-state index < -0.39 is 0 Å². The van der Waals surface area contributed by atoms with Crippen LogP contribution in [-0.2, 0) is 4.79 Å². The first-order valence-corrected chi connectivity index (χ1v) is 7.96. The van der Waals surface area contributed by atoms with Crippen LogP contribution >= 0.6 is 27.7 Å². The lowest BCUT2D eigenvalue weighted by molar-refractivity contribution is -0.118. The molecule has 1 aromatic carbocycles. The molecule has 106 valence electrons. The molecule has 0 saturated heterocycles. The summed E-state index contributed by atoms with van der Waals surface area (Å²) in [4.78, 5) is 11.5. The third-order valence-corrected chi connectivity index (χ3v) is 3.74. The molecule has 0 fully saturated rings. The van der Waals surface area contributed by atoms with E-state index in [9.17, 15) is 4.79 Å². The van der Waals surface area contributed by atoms with Gasteiger partial charge in [-0.05, 0) is 30.7 Å². The molecular weight excluding hydrogens is 342 g/mol. The van der Waals surface area contributed by atoms with Crippen molar-refractivity contribution in [1.29, 1.82) is 0 Å². The molecule has 1 heterocycles. The van der Waals surface area contributed by atoms with Crippen LogP contribution in [0.4, 0.5) is 0 Å². The van der Waals surface area contributed by atoms with Crippen LogP contribution in [0.3, 0.4) is 0 Å². The Labute approximate surface area is 129 Å². The summed E-state index contributed by atoms with van der Waals surface area (Å²) in [6.45, 7) is 2.70. The Bertz CT molecular complexity index is 571. The fourth-order valence-corrected chi connectivity index (χ4v) is 2.28. The molecule has 0 saturated carbocycles. The number of thioether (sulfide) groups is 1. The Morgan fingerprint density at radius 1 is 1.35 bits per heavy atom. The van der Waals surface area contributed by atoms with Crippen molar-refractivity contribution in [2.24, 2.45) is 0 Å². The maximum Gasteiger partial charge on any atom is 0.277 e. The lowest BCUT2D eigenvalue weighted by atomic mass is 10.2. The van der Waals surface area contributed by atoms with Gasteiger partial charge in [-0.2, -0.15) is 0 Å². The second-order valence-corrected chi connectivity index (χ2v) is 5.86. The summed E-state index contributed by atoms with van der Waals surface area (Å²) >= 11 is 4.61. The molecule has 0 spiro atoms. The molecule has 5 nitrogen and oxygen atoms in total. The minimum absolute atomic E-state index is 0.0276. The summed E-state index contributed by atoms with van der Waals surface area (Å²) in [6.07, 6.45) is 0.921. The lowest BCUT2D eigenvalue weighted by Gasteiger charge is -2.00. The second-order valence-electron chi connectivity index (χ2n) is 4.02. The third-order valence-electron chi connectivity index (χ3n) is 2.40. The molecule has 1 N–H and O–H groups in total. The number of hydrogen-bond acceptors (Lipinski definition) is 5. The number of carbonyl (C=O) groups excluding carboxylic acids is 1. The Kier molecular flexibility index (Phi) is 5.60. The van der Waals surface area contributed by atoms with Gasteiger partial charge in [0.15, 0.2) is 0 Å². The highest BCUT2D eigenvalue weighted by atomic mass is 79.9. The first kappa shape index (κ1) is 15.1. The largest absolute Gasteiger partial charge is 0.411 e. The topological polar surface area (TPSA) is 68.0 Å². The number of nitrogens with one attached hydrogen (secondary N) is 1. The zero-order chi connectivity index (χ0) is 14.4. The van der Waals surface area contributed by atoms with E-state index in [1.807, 2.05) is 31.2 Å². The molecule has 0 aliphatic heterocycles. The summed E-state index contributed by atoms with van der Waals surface area (Å²) in [5.74, 6) is 0.705. The number of carbonyl (C=O) groups is 1. The van der Waals surface area contributed by atoms with Gasteiger partial charge >= 0.3 is 0 Å². The number of halogens is 1. The highest BCUT2D eigenvalue weighted by Crippen LogP contribution is 2.24. The summed E-state index contributed by atoms with van der Waals surface area (Å²) in [7, 11) is 0. The lowest BCUT2D eigenvalue weighted by Crippen LogP contribution is -2.25. The molecule has 0 bridgehead atoms. The molecule has 1 aromatic heterocycles. The minimum atomic E-state index is -0.0276. The first-order chi connectivity index (χ1) is 9.69. The average molecular weight is 356 g/mol. The summed E-state index contributed by atoms with van der Waals surface area (Å²) in [5.41, 5.74) is 0.850. The van der Waals surface area contributed by atoms with Gasteiger partial charge in [-0.25, -0.2) is 0 Å². The molecule has 2 rings (SSSR count). The third kappa shape index (κ3) is 4.35. The molecule has 20 heavy (non-hydrogen) atoms. The van der Waals surface area contributed by atoms with Crippen molar-refractivity contribution in [2.45, 2.75) is 18.6 Å². The SMILES string of the molecule is CCCNC(=O)CSc1nnc(-c2ccc(Br)cc2)o1. The zero-order valence-electron chi connectivity index (χ0n) is 10.9. The monoisotopic (exact) mass is 355 g/mol. The smallest absolute Gasteiger partial charge is 0.277 e. The normalized spacial score (nSPS) is 10.5. The fraction of sp³-hybridized carbons (Fsp3) is 0.308. The fourth-order valence-electron chi connectivity index (χ4n) is 1.42. The van der Waals surface area contributed by atoms with E-state index in [-0.39, 0.29) is 11.7 Å². The van der Waals surface area contributed by atoms with Gasteiger partial charge in [0, 0.05) is 16.6 Å². The summed E-state index contributed by atoms with van der Waals surface area (Å²) in [6, 6.07) is 7.59. The Hall–Kier alpha value is -1.34. The van der Waals surface area contributed by atoms with Gasteiger partial charge in [0.2, 0.25) is 11.8 Å². The van der Waals surface area contributed by atoms with Gasteiger partial charge in [0.1, 0.15) is 0 Å². The van der Waals surface area contributed by atoms with Crippen LogP contribution < -0.4 is 5.32 Å². The zero-order valence-corrected chi connectivity index (χ0v) is 13.3. The summed E-state index contributed by atoms with van der Waals surface area (Å²) < 4.78 is 6.50. The van der Waals surface area contributed by atoms with Crippen LogP contribution in [0.25, 0.3) is 11.5 Å². The predicted octanol–water partition coefficient (Wildman–Crippen LogP) is 3.12. The van der Waals surface area contributed by atoms with Crippen molar-refractivity contribution in [3.63, 3.8) is 0 Å². The van der Waals surface area contributed by atoms with Gasteiger partial charge in [-0.3, -0.25) is 4.79 Å². The molecule has 7 heteroatoms. The average Bonchev–Trinajstić information content (AvgIpc) is 2.92. The number of hydrogen-bond donors (Lipinski definition) is 1. The molecular formula is C13H14BrN3O2S. The van der Waals surface area contributed by atoms with Crippen molar-refractivity contribution >= 4 is 33.6 Å². The highest BCUT2D eigenvalue weighted by Gasteiger charge is 2.10. The van der Waals surface area contributed by atoms with E-state index in [2.05, 4.69) is 31.4 Å². The van der Waals surface area contributed by atoms with Crippen LogP contribution in [0.5, 0.6) is 0 Å². The first-order valence-electron chi connectivity index (χ1n) is 6.18. The van der Waals surface area contributed by atoms with E-state index >= 15 is 0 Å². The number of amides is 1. The van der Waals surface area contributed by atoms with Crippen LogP contribution in [0.2, 0.25) is 0 Å². The van der Waals surface area contributed by atoms with E-state index in [0.29, 0.717) is 17.7 Å².